The molecule has 0 aliphatic carbocycles. The molecule has 2 aromatic carbocycles. The highest BCUT2D eigenvalue weighted by Gasteiger charge is 2.30. The van der Waals surface area contributed by atoms with Gasteiger partial charge in [-0.15, -0.1) is 10.2 Å². The molecule has 1 aliphatic heterocycles. The van der Waals surface area contributed by atoms with Crippen LogP contribution >= 0.6 is 0 Å². The summed E-state index contributed by atoms with van der Waals surface area (Å²) in [6.07, 6.45) is 2.90. The highest BCUT2D eigenvalue weighted by atomic mass is 16.5. The van der Waals surface area contributed by atoms with Crippen molar-refractivity contribution in [3.63, 3.8) is 0 Å². The lowest BCUT2D eigenvalue weighted by Gasteiger charge is -2.24. The molecule has 1 amide bonds. The zero-order valence-electron chi connectivity index (χ0n) is 14.8. The van der Waals surface area contributed by atoms with E-state index in [0.29, 0.717) is 11.6 Å². The molecule has 1 fully saturated rings. The fourth-order valence-electron chi connectivity index (χ4n) is 3.64. The highest BCUT2D eigenvalue weighted by molar-refractivity contribution is 5.92. The van der Waals surface area contributed by atoms with Crippen molar-refractivity contribution in [2.75, 3.05) is 13.7 Å². The second kappa shape index (κ2) is 7.12. The first-order valence-electron chi connectivity index (χ1n) is 8.91. The van der Waals surface area contributed by atoms with Crippen LogP contribution in [0.3, 0.4) is 0 Å². The molecule has 0 bridgehead atoms. The number of fused-ring (bicyclic) bond motifs is 1. The molecule has 1 aromatic heterocycles. The van der Waals surface area contributed by atoms with E-state index < -0.39 is 0 Å². The maximum atomic E-state index is 12.8. The van der Waals surface area contributed by atoms with Gasteiger partial charge in [0.25, 0.3) is 5.91 Å². The monoisotopic (exact) mass is 347 g/mol. The van der Waals surface area contributed by atoms with Gasteiger partial charge in [0.05, 0.1) is 7.11 Å². The van der Waals surface area contributed by atoms with Gasteiger partial charge in [-0.25, -0.2) is 0 Å². The summed E-state index contributed by atoms with van der Waals surface area (Å²) in [6, 6.07) is 18.5. The molecular weight excluding hydrogens is 326 g/mol. The minimum absolute atomic E-state index is 0.0524. The molecule has 0 N–H and O–H groups in total. The lowest BCUT2D eigenvalue weighted by Crippen LogP contribution is -2.37. The quantitative estimate of drug-likeness (QED) is 0.725. The number of benzene rings is 2. The third-order valence-corrected chi connectivity index (χ3v) is 4.99. The molecule has 1 atom stereocenters. The summed E-state index contributed by atoms with van der Waals surface area (Å²) in [5, 5.41) is 10.4. The Morgan fingerprint density at radius 3 is 2.73 bits per heavy atom. The minimum atomic E-state index is -0.0524. The van der Waals surface area contributed by atoms with Crippen LogP contribution in [0.4, 0.5) is 0 Å². The van der Waals surface area contributed by atoms with Crippen molar-refractivity contribution in [3.05, 3.63) is 65.9 Å². The Bertz CT molecular complexity index is 924. The molecule has 1 aliphatic rings. The molecule has 0 unspecified atom stereocenters. The van der Waals surface area contributed by atoms with E-state index in [0.717, 1.165) is 25.8 Å². The van der Waals surface area contributed by atoms with Crippen molar-refractivity contribution in [3.8, 4) is 5.88 Å². The number of amides is 1. The van der Waals surface area contributed by atoms with Gasteiger partial charge < -0.3 is 9.64 Å². The van der Waals surface area contributed by atoms with Crippen LogP contribution in [0.2, 0.25) is 0 Å². The van der Waals surface area contributed by atoms with Gasteiger partial charge in [-0.3, -0.25) is 4.79 Å². The molecule has 2 heterocycles. The van der Waals surface area contributed by atoms with Gasteiger partial charge in [-0.2, -0.15) is 0 Å². The zero-order chi connectivity index (χ0) is 17.9. The van der Waals surface area contributed by atoms with E-state index in [1.54, 1.807) is 12.1 Å². The molecule has 0 spiro atoms. The summed E-state index contributed by atoms with van der Waals surface area (Å²) in [4.78, 5) is 14.8. The molecule has 1 saturated heterocycles. The number of methoxy groups -OCH3 is 1. The third-order valence-electron chi connectivity index (χ3n) is 4.99. The van der Waals surface area contributed by atoms with Gasteiger partial charge >= 0.3 is 0 Å². The fraction of sp³-hybridized carbons (Fsp3) is 0.286. The number of nitrogens with zero attached hydrogens (tertiary/aromatic N) is 3. The Hall–Kier alpha value is -2.95. The van der Waals surface area contributed by atoms with Crippen LogP contribution in [0.5, 0.6) is 5.88 Å². The number of rotatable bonds is 4. The van der Waals surface area contributed by atoms with Crippen molar-refractivity contribution in [2.24, 2.45) is 0 Å². The van der Waals surface area contributed by atoms with Crippen LogP contribution in [0.15, 0.2) is 54.6 Å². The molecule has 26 heavy (non-hydrogen) atoms. The lowest BCUT2D eigenvalue weighted by molar-refractivity contribution is 0.0729. The fourth-order valence-corrected chi connectivity index (χ4v) is 3.64. The molecule has 4 rings (SSSR count). The molecule has 3 aromatic rings. The normalized spacial score (nSPS) is 16.8. The summed E-state index contributed by atoms with van der Waals surface area (Å²) >= 11 is 0. The smallest absolute Gasteiger partial charge is 0.274 e. The maximum Gasteiger partial charge on any atom is 0.274 e. The Kier molecular flexibility index (Phi) is 4.52. The number of carbonyl (C=O) groups is 1. The molecular formula is C21H21N3O2. The first kappa shape index (κ1) is 16.5. The standard InChI is InChI=1S/C21H21N3O2/c1-26-20-11-10-19(22-23-20)21(25)24-12-4-7-18(24)14-15-8-9-16-5-2-3-6-17(16)13-15/h2-3,5-6,8-11,13,18H,4,7,12,14H2,1H3/t18-/m0/s1. The summed E-state index contributed by atoms with van der Waals surface area (Å²) in [5.41, 5.74) is 1.63. The predicted octanol–water partition coefficient (Wildman–Crippen LogP) is 3.49. The molecule has 132 valence electrons. The van der Waals surface area contributed by atoms with Crippen LogP contribution in [-0.2, 0) is 6.42 Å². The van der Waals surface area contributed by atoms with Gasteiger partial charge in [0.2, 0.25) is 5.88 Å². The van der Waals surface area contributed by atoms with Gasteiger partial charge in [0.1, 0.15) is 0 Å². The zero-order valence-corrected chi connectivity index (χ0v) is 14.8. The van der Waals surface area contributed by atoms with Gasteiger partial charge in [0, 0.05) is 18.7 Å². The maximum absolute atomic E-state index is 12.8. The molecule has 5 nitrogen and oxygen atoms in total. The Balaban J connectivity index is 1.52. The first-order chi connectivity index (χ1) is 12.7. The molecule has 0 radical (unpaired) electrons. The summed E-state index contributed by atoms with van der Waals surface area (Å²) in [6.45, 7) is 0.769. The SMILES string of the molecule is COc1ccc(C(=O)N2CCC[C@H]2Cc2ccc3ccccc3c2)nn1. The van der Waals surface area contributed by atoms with Crippen molar-refractivity contribution in [1.29, 1.82) is 0 Å². The second-order valence-electron chi connectivity index (χ2n) is 6.64. The number of aromatic nitrogens is 2. The number of carbonyl (C=O) groups excluding carboxylic acids is 1. The summed E-state index contributed by atoms with van der Waals surface area (Å²) in [5.74, 6) is 0.360. The van der Waals surface area contributed by atoms with Gasteiger partial charge in [-0.05, 0) is 41.7 Å². The summed E-state index contributed by atoms with van der Waals surface area (Å²) in [7, 11) is 1.53. The van der Waals surface area contributed by atoms with Gasteiger partial charge in [0.15, 0.2) is 5.69 Å². The van der Waals surface area contributed by atoms with E-state index >= 15 is 0 Å². The third kappa shape index (κ3) is 3.25. The number of hydrogen-bond acceptors (Lipinski definition) is 4. The van der Waals surface area contributed by atoms with Gasteiger partial charge in [-0.1, -0.05) is 42.5 Å². The van der Waals surface area contributed by atoms with E-state index in [9.17, 15) is 4.79 Å². The van der Waals surface area contributed by atoms with E-state index in [-0.39, 0.29) is 11.9 Å². The molecule has 0 saturated carbocycles. The first-order valence-corrected chi connectivity index (χ1v) is 8.91. The Morgan fingerprint density at radius 1 is 1.12 bits per heavy atom. The van der Waals surface area contributed by atoms with Crippen molar-refractivity contribution >= 4 is 16.7 Å². The van der Waals surface area contributed by atoms with Crippen LogP contribution < -0.4 is 4.74 Å². The van der Waals surface area contributed by atoms with Crippen LogP contribution in [0, 0.1) is 0 Å². The van der Waals surface area contributed by atoms with E-state index in [1.165, 1.54) is 23.4 Å². The average molecular weight is 347 g/mol. The Labute approximate surface area is 152 Å². The number of hydrogen-bond donors (Lipinski definition) is 0. The number of likely N-dealkylation sites (tertiary alicyclic amines) is 1. The van der Waals surface area contributed by atoms with Crippen LogP contribution in [-0.4, -0.2) is 40.7 Å². The highest BCUT2D eigenvalue weighted by Crippen LogP contribution is 2.25. The minimum Gasteiger partial charge on any atom is -0.480 e. The van der Waals surface area contributed by atoms with Crippen molar-refractivity contribution in [1.82, 2.24) is 15.1 Å². The second-order valence-corrected chi connectivity index (χ2v) is 6.64. The van der Waals surface area contributed by atoms with Crippen molar-refractivity contribution in [2.45, 2.75) is 25.3 Å². The lowest BCUT2D eigenvalue weighted by atomic mass is 10.0. The van der Waals surface area contributed by atoms with Crippen molar-refractivity contribution < 1.29 is 9.53 Å². The van der Waals surface area contributed by atoms with Crippen LogP contribution in [0.25, 0.3) is 10.8 Å². The topological polar surface area (TPSA) is 55.3 Å². The average Bonchev–Trinajstić information content (AvgIpc) is 3.15. The summed E-state index contributed by atoms with van der Waals surface area (Å²) < 4.78 is 5.01. The molecule has 5 heteroatoms. The van der Waals surface area contributed by atoms with E-state index in [1.807, 2.05) is 4.90 Å². The van der Waals surface area contributed by atoms with E-state index in [2.05, 4.69) is 52.7 Å². The largest absolute Gasteiger partial charge is 0.480 e. The Morgan fingerprint density at radius 2 is 1.96 bits per heavy atom. The predicted molar refractivity (Wildman–Crippen MR) is 100 cm³/mol. The van der Waals surface area contributed by atoms with Crippen LogP contribution in [0.1, 0.15) is 28.9 Å². The van der Waals surface area contributed by atoms with E-state index in [4.69, 9.17) is 4.74 Å². The number of ether oxygens (including phenoxy) is 1.